The van der Waals surface area contributed by atoms with Gasteiger partial charge in [-0.25, -0.2) is 0 Å². The molecule has 1 heterocycles. The van der Waals surface area contributed by atoms with E-state index in [2.05, 4.69) is 5.32 Å². The third-order valence-electron chi connectivity index (χ3n) is 2.48. The largest absolute Gasteiger partial charge is 0.316 e. The molecule has 5 heteroatoms. The molecule has 5 nitrogen and oxygen atoms in total. The molecule has 1 aliphatic heterocycles. The Labute approximate surface area is 89.3 Å². The van der Waals surface area contributed by atoms with Gasteiger partial charge in [0, 0.05) is 6.54 Å². The van der Waals surface area contributed by atoms with E-state index in [-0.39, 0.29) is 24.9 Å². The molecule has 0 spiro atoms. The lowest BCUT2D eigenvalue weighted by Crippen LogP contribution is -2.43. The van der Waals surface area contributed by atoms with Crippen molar-refractivity contribution in [2.24, 2.45) is 5.92 Å². The van der Waals surface area contributed by atoms with Crippen molar-refractivity contribution < 1.29 is 4.79 Å². The topological polar surface area (TPSA) is 79.9 Å². The van der Waals surface area contributed by atoms with Gasteiger partial charge in [0.15, 0.2) is 0 Å². The minimum atomic E-state index is -0.0784. The van der Waals surface area contributed by atoms with E-state index in [1.54, 1.807) is 0 Å². The first kappa shape index (κ1) is 11.5. The van der Waals surface area contributed by atoms with Crippen LogP contribution in [0.2, 0.25) is 0 Å². The van der Waals surface area contributed by atoms with Crippen LogP contribution in [0.5, 0.6) is 0 Å². The van der Waals surface area contributed by atoms with Gasteiger partial charge in [0.25, 0.3) is 0 Å². The van der Waals surface area contributed by atoms with Crippen molar-refractivity contribution in [3.63, 3.8) is 0 Å². The van der Waals surface area contributed by atoms with Crippen molar-refractivity contribution in [3.05, 3.63) is 0 Å². The second kappa shape index (κ2) is 6.00. The fourth-order valence-corrected chi connectivity index (χ4v) is 1.70. The molecular formula is C10H14N4O. The molecule has 1 amide bonds. The van der Waals surface area contributed by atoms with Crippen LogP contribution in [0.15, 0.2) is 0 Å². The molecule has 0 unspecified atom stereocenters. The second-order valence-electron chi connectivity index (χ2n) is 3.55. The zero-order chi connectivity index (χ0) is 11.1. The van der Waals surface area contributed by atoms with Crippen LogP contribution in [0.1, 0.15) is 12.8 Å². The molecule has 1 atom stereocenters. The van der Waals surface area contributed by atoms with Crippen LogP contribution in [0.3, 0.4) is 0 Å². The average Bonchev–Trinajstić information content (AvgIpc) is 2.29. The molecule has 1 aliphatic rings. The summed E-state index contributed by atoms with van der Waals surface area (Å²) in [6, 6.07) is 3.81. The van der Waals surface area contributed by atoms with Gasteiger partial charge in [0.2, 0.25) is 5.91 Å². The fraction of sp³-hybridized carbons (Fsp3) is 0.700. The summed E-state index contributed by atoms with van der Waals surface area (Å²) < 4.78 is 0. The van der Waals surface area contributed by atoms with E-state index in [9.17, 15) is 4.79 Å². The third-order valence-corrected chi connectivity index (χ3v) is 2.48. The van der Waals surface area contributed by atoms with E-state index in [0.717, 1.165) is 19.4 Å². The van der Waals surface area contributed by atoms with Crippen molar-refractivity contribution in [1.29, 1.82) is 10.5 Å². The third kappa shape index (κ3) is 3.23. The van der Waals surface area contributed by atoms with Gasteiger partial charge in [-0.3, -0.25) is 4.79 Å². The molecule has 0 bridgehead atoms. The van der Waals surface area contributed by atoms with Crippen LogP contribution in [-0.4, -0.2) is 37.0 Å². The molecule has 1 rings (SSSR count). The molecule has 0 aliphatic carbocycles. The number of hydrogen-bond acceptors (Lipinski definition) is 4. The summed E-state index contributed by atoms with van der Waals surface area (Å²) in [5.41, 5.74) is 0. The predicted octanol–water partition coefficient (Wildman–Crippen LogP) is -0.138. The van der Waals surface area contributed by atoms with Gasteiger partial charge in [-0.1, -0.05) is 0 Å². The molecule has 80 valence electrons. The van der Waals surface area contributed by atoms with Gasteiger partial charge in [0.05, 0.1) is 18.1 Å². The van der Waals surface area contributed by atoms with E-state index in [1.165, 1.54) is 4.90 Å². The molecule has 0 radical (unpaired) electrons. The van der Waals surface area contributed by atoms with Gasteiger partial charge in [-0.05, 0) is 19.4 Å². The minimum Gasteiger partial charge on any atom is -0.316 e. The number of carbonyl (C=O) groups is 1. The number of nitriles is 2. The Morgan fingerprint density at radius 2 is 2.07 bits per heavy atom. The number of amides is 1. The van der Waals surface area contributed by atoms with E-state index in [1.807, 2.05) is 12.1 Å². The van der Waals surface area contributed by atoms with Gasteiger partial charge in [-0.2, -0.15) is 10.5 Å². The lowest BCUT2D eigenvalue weighted by molar-refractivity contribution is -0.134. The van der Waals surface area contributed by atoms with Crippen molar-refractivity contribution in [3.8, 4) is 12.1 Å². The summed E-state index contributed by atoms with van der Waals surface area (Å²) >= 11 is 0. The normalized spacial score (nSPS) is 20.0. The second-order valence-corrected chi connectivity index (χ2v) is 3.55. The monoisotopic (exact) mass is 206 g/mol. The molecule has 0 aromatic heterocycles. The highest BCUT2D eigenvalue weighted by molar-refractivity contribution is 5.79. The number of hydrogen-bond donors (Lipinski definition) is 1. The van der Waals surface area contributed by atoms with E-state index < -0.39 is 0 Å². The number of rotatable bonds is 3. The summed E-state index contributed by atoms with van der Waals surface area (Å²) in [5.74, 6) is -0.147. The maximum atomic E-state index is 11.9. The lowest BCUT2D eigenvalue weighted by Gasteiger charge is -2.26. The van der Waals surface area contributed by atoms with E-state index in [4.69, 9.17) is 10.5 Å². The standard InChI is InChI=1S/C10H14N4O/c11-3-6-14(7-4-12)10(15)9-2-1-5-13-8-9/h9,13H,1-2,5-8H2/t9-/m0/s1. The van der Waals surface area contributed by atoms with Crippen LogP contribution in [0.25, 0.3) is 0 Å². The van der Waals surface area contributed by atoms with Gasteiger partial charge in [-0.15, -0.1) is 0 Å². The van der Waals surface area contributed by atoms with Gasteiger partial charge < -0.3 is 10.2 Å². The first-order valence-corrected chi connectivity index (χ1v) is 5.03. The SMILES string of the molecule is N#CCN(CC#N)C(=O)[C@H]1CCCNC1. The van der Waals surface area contributed by atoms with Gasteiger partial charge >= 0.3 is 0 Å². The maximum Gasteiger partial charge on any atom is 0.228 e. The number of carbonyl (C=O) groups excluding carboxylic acids is 1. The number of nitrogens with one attached hydrogen (secondary N) is 1. The van der Waals surface area contributed by atoms with Crippen LogP contribution in [0.4, 0.5) is 0 Å². The maximum absolute atomic E-state index is 11.9. The van der Waals surface area contributed by atoms with Crippen molar-refractivity contribution in [2.75, 3.05) is 26.2 Å². The predicted molar refractivity (Wildman–Crippen MR) is 53.4 cm³/mol. The quantitative estimate of drug-likeness (QED) is 0.652. The molecule has 1 saturated heterocycles. The highest BCUT2D eigenvalue weighted by Crippen LogP contribution is 2.12. The molecule has 1 N–H and O–H groups in total. The first-order chi connectivity index (χ1) is 7.29. The Morgan fingerprint density at radius 1 is 1.40 bits per heavy atom. The van der Waals surface area contributed by atoms with E-state index in [0.29, 0.717) is 6.54 Å². The first-order valence-electron chi connectivity index (χ1n) is 5.03. The summed E-state index contributed by atoms with van der Waals surface area (Å²) in [6.07, 6.45) is 1.82. The molecule has 15 heavy (non-hydrogen) atoms. The van der Waals surface area contributed by atoms with Crippen LogP contribution in [-0.2, 0) is 4.79 Å². The van der Waals surface area contributed by atoms with Crippen molar-refractivity contribution >= 4 is 5.91 Å². The molecule has 0 aromatic carbocycles. The summed E-state index contributed by atoms with van der Waals surface area (Å²) in [4.78, 5) is 13.2. The van der Waals surface area contributed by atoms with E-state index >= 15 is 0 Å². The Bertz CT molecular complexity index is 280. The zero-order valence-electron chi connectivity index (χ0n) is 8.57. The Hall–Kier alpha value is -1.59. The Balaban J connectivity index is 2.54. The molecular weight excluding hydrogens is 192 g/mol. The fourth-order valence-electron chi connectivity index (χ4n) is 1.70. The van der Waals surface area contributed by atoms with Gasteiger partial charge in [0.1, 0.15) is 13.1 Å². The zero-order valence-corrected chi connectivity index (χ0v) is 8.57. The Morgan fingerprint density at radius 3 is 2.53 bits per heavy atom. The molecule has 0 saturated carbocycles. The summed E-state index contributed by atoms with van der Waals surface area (Å²) in [7, 11) is 0. The average molecular weight is 206 g/mol. The molecule has 1 fully saturated rings. The van der Waals surface area contributed by atoms with Crippen LogP contribution >= 0.6 is 0 Å². The highest BCUT2D eigenvalue weighted by Gasteiger charge is 2.25. The summed E-state index contributed by atoms with van der Waals surface area (Å²) in [6.45, 7) is 1.61. The van der Waals surface area contributed by atoms with Crippen LogP contribution < -0.4 is 5.32 Å². The summed E-state index contributed by atoms with van der Waals surface area (Å²) in [5, 5.41) is 20.2. The number of nitrogens with zero attached hydrogens (tertiary/aromatic N) is 3. The number of piperidine rings is 1. The highest BCUT2D eigenvalue weighted by atomic mass is 16.2. The molecule has 0 aromatic rings. The lowest BCUT2D eigenvalue weighted by atomic mass is 9.98. The van der Waals surface area contributed by atoms with Crippen molar-refractivity contribution in [1.82, 2.24) is 10.2 Å². The van der Waals surface area contributed by atoms with Crippen molar-refractivity contribution in [2.45, 2.75) is 12.8 Å². The smallest absolute Gasteiger partial charge is 0.228 e. The Kier molecular flexibility index (Phi) is 4.59. The minimum absolute atomic E-state index is 0.00287. The van der Waals surface area contributed by atoms with Crippen LogP contribution in [0, 0.1) is 28.6 Å².